The molecule has 1 aliphatic rings. The largest absolute Gasteiger partial charge is 0.321 e. The first kappa shape index (κ1) is 14.0. The normalized spacial score (nSPS) is 14.0. The molecule has 0 aliphatic carbocycles. The molecule has 1 amide bonds. The van der Waals surface area contributed by atoms with Crippen molar-refractivity contribution >= 4 is 23.1 Å². The van der Waals surface area contributed by atoms with Crippen LogP contribution in [-0.4, -0.2) is 33.9 Å². The first-order valence-electron chi connectivity index (χ1n) is 6.88. The molecule has 2 heterocycles. The standard InChI is InChI=1S/C15H14N4O3/c1-2-17-10-18(11-5-3-6-12(9-11)19(21)22)14-13(15(17)20)7-4-8-16-14/h3-9H,2,10H2,1H3. The maximum atomic E-state index is 12.4. The fourth-order valence-electron chi connectivity index (χ4n) is 2.47. The van der Waals surface area contributed by atoms with Gasteiger partial charge in [0, 0.05) is 24.9 Å². The van der Waals surface area contributed by atoms with E-state index < -0.39 is 4.92 Å². The average Bonchev–Trinajstić information content (AvgIpc) is 2.55. The van der Waals surface area contributed by atoms with E-state index in [1.165, 1.54) is 12.1 Å². The predicted molar refractivity (Wildman–Crippen MR) is 81.0 cm³/mol. The molecule has 7 heteroatoms. The van der Waals surface area contributed by atoms with E-state index >= 15 is 0 Å². The van der Waals surface area contributed by atoms with Crippen LogP contribution in [0, 0.1) is 10.1 Å². The molecule has 1 aromatic heterocycles. The lowest BCUT2D eigenvalue weighted by atomic mass is 10.1. The topological polar surface area (TPSA) is 79.6 Å². The minimum absolute atomic E-state index is 0.00919. The van der Waals surface area contributed by atoms with Crippen LogP contribution in [0.15, 0.2) is 42.6 Å². The lowest BCUT2D eigenvalue weighted by molar-refractivity contribution is -0.384. The Hall–Kier alpha value is -2.96. The molecule has 0 atom stereocenters. The van der Waals surface area contributed by atoms with E-state index in [0.29, 0.717) is 30.3 Å². The summed E-state index contributed by atoms with van der Waals surface area (Å²) in [6, 6.07) is 9.76. The molecule has 22 heavy (non-hydrogen) atoms. The highest BCUT2D eigenvalue weighted by Gasteiger charge is 2.30. The van der Waals surface area contributed by atoms with Crippen molar-refractivity contribution in [3.63, 3.8) is 0 Å². The molecule has 0 unspecified atom stereocenters. The monoisotopic (exact) mass is 298 g/mol. The Bertz CT molecular complexity index is 747. The van der Waals surface area contributed by atoms with Crippen LogP contribution in [0.4, 0.5) is 17.2 Å². The summed E-state index contributed by atoms with van der Waals surface area (Å²) in [6.07, 6.45) is 1.61. The molecule has 112 valence electrons. The van der Waals surface area contributed by atoms with Crippen LogP contribution in [0.2, 0.25) is 0 Å². The van der Waals surface area contributed by atoms with Crippen molar-refractivity contribution in [2.24, 2.45) is 0 Å². The third-order valence-corrected chi connectivity index (χ3v) is 3.61. The summed E-state index contributed by atoms with van der Waals surface area (Å²) in [4.78, 5) is 30.6. The number of hydrogen-bond acceptors (Lipinski definition) is 5. The second kappa shape index (κ2) is 5.44. The summed E-state index contributed by atoms with van der Waals surface area (Å²) < 4.78 is 0. The smallest absolute Gasteiger partial charge is 0.271 e. The number of amides is 1. The first-order chi connectivity index (χ1) is 10.6. The number of nitro benzene ring substituents is 1. The van der Waals surface area contributed by atoms with Gasteiger partial charge in [-0.2, -0.15) is 0 Å². The van der Waals surface area contributed by atoms with Gasteiger partial charge >= 0.3 is 0 Å². The molecule has 0 spiro atoms. The van der Waals surface area contributed by atoms with Gasteiger partial charge in [-0.3, -0.25) is 14.9 Å². The Labute approximate surface area is 126 Å². The summed E-state index contributed by atoms with van der Waals surface area (Å²) >= 11 is 0. The highest BCUT2D eigenvalue weighted by atomic mass is 16.6. The van der Waals surface area contributed by atoms with E-state index in [0.717, 1.165) is 0 Å². The number of aromatic nitrogens is 1. The van der Waals surface area contributed by atoms with Gasteiger partial charge in [0.1, 0.15) is 5.82 Å². The summed E-state index contributed by atoms with van der Waals surface area (Å²) in [5.41, 5.74) is 1.15. The number of anilines is 2. The SMILES string of the molecule is CCN1CN(c2cccc([N+](=O)[O-])c2)c2ncccc2C1=O. The lowest BCUT2D eigenvalue weighted by Crippen LogP contribution is -2.44. The van der Waals surface area contributed by atoms with Gasteiger partial charge in [-0.05, 0) is 25.1 Å². The Kier molecular flexibility index (Phi) is 3.46. The Morgan fingerprint density at radius 3 is 2.86 bits per heavy atom. The third-order valence-electron chi connectivity index (χ3n) is 3.61. The molecule has 0 N–H and O–H groups in total. The summed E-state index contributed by atoms with van der Waals surface area (Å²) in [5, 5.41) is 11.0. The van der Waals surface area contributed by atoms with Gasteiger partial charge in [0.25, 0.3) is 11.6 Å². The number of pyridine rings is 1. The fraction of sp³-hybridized carbons (Fsp3) is 0.200. The van der Waals surface area contributed by atoms with Crippen molar-refractivity contribution in [3.05, 3.63) is 58.3 Å². The molecule has 0 saturated carbocycles. The van der Waals surface area contributed by atoms with Crippen LogP contribution < -0.4 is 4.90 Å². The molecule has 1 aromatic carbocycles. The Morgan fingerprint density at radius 2 is 2.14 bits per heavy atom. The van der Waals surface area contributed by atoms with Crippen molar-refractivity contribution in [2.45, 2.75) is 6.92 Å². The van der Waals surface area contributed by atoms with Crippen molar-refractivity contribution < 1.29 is 9.72 Å². The minimum atomic E-state index is -0.435. The molecular weight excluding hydrogens is 284 g/mol. The minimum Gasteiger partial charge on any atom is -0.321 e. The number of hydrogen-bond donors (Lipinski definition) is 0. The number of fused-ring (bicyclic) bond motifs is 1. The van der Waals surface area contributed by atoms with Gasteiger partial charge < -0.3 is 9.80 Å². The number of rotatable bonds is 3. The van der Waals surface area contributed by atoms with Gasteiger partial charge in [-0.15, -0.1) is 0 Å². The van der Waals surface area contributed by atoms with Gasteiger partial charge in [0.2, 0.25) is 0 Å². The van der Waals surface area contributed by atoms with E-state index in [1.54, 1.807) is 35.4 Å². The zero-order valence-electron chi connectivity index (χ0n) is 12.0. The van der Waals surface area contributed by atoms with Crippen LogP contribution in [0.5, 0.6) is 0 Å². The summed E-state index contributed by atoms with van der Waals surface area (Å²) in [5.74, 6) is 0.449. The van der Waals surface area contributed by atoms with Crippen LogP contribution in [0.25, 0.3) is 0 Å². The predicted octanol–water partition coefficient (Wildman–Crippen LogP) is 2.56. The van der Waals surface area contributed by atoms with Gasteiger partial charge in [0.15, 0.2) is 0 Å². The van der Waals surface area contributed by atoms with Gasteiger partial charge in [-0.1, -0.05) is 6.07 Å². The van der Waals surface area contributed by atoms with Crippen molar-refractivity contribution in [1.29, 1.82) is 0 Å². The number of benzene rings is 1. The van der Waals surface area contributed by atoms with Crippen LogP contribution in [-0.2, 0) is 0 Å². The Balaban J connectivity index is 2.10. The number of nitrogens with zero attached hydrogens (tertiary/aromatic N) is 4. The van der Waals surface area contributed by atoms with E-state index in [1.807, 2.05) is 11.8 Å². The van der Waals surface area contributed by atoms with Gasteiger partial charge in [-0.25, -0.2) is 4.98 Å². The fourth-order valence-corrected chi connectivity index (χ4v) is 2.47. The van der Waals surface area contributed by atoms with Crippen LogP contribution >= 0.6 is 0 Å². The number of non-ortho nitro benzene ring substituents is 1. The highest BCUT2D eigenvalue weighted by Crippen LogP contribution is 2.33. The first-order valence-corrected chi connectivity index (χ1v) is 6.88. The van der Waals surface area contributed by atoms with E-state index in [4.69, 9.17) is 0 Å². The van der Waals surface area contributed by atoms with E-state index in [-0.39, 0.29) is 11.6 Å². The second-order valence-electron chi connectivity index (χ2n) is 4.88. The lowest BCUT2D eigenvalue weighted by Gasteiger charge is -2.36. The number of nitro groups is 1. The maximum Gasteiger partial charge on any atom is 0.271 e. The zero-order valence-corrected chi connectivity index (χ0v) is 12.0. The van der Waals surface area contributed by atoms with E-state index in [9.17, 15) is 14.9 Å². The quantitative estimate of drug-likeness (QED) is 0.642. The summed E-state index contributed by atoms with van der Waals surface area (Å²) in [7, 11) is 0. The van der Waals surface area contributed by atoms with Gasteiger partial charge in [0.05, 0.1) is 22.8 Å². The molecule has 2 aromatic rings. The van der Waals surface area contributed by atoms with Crippen LogP contribution in [0.3, 0.4) is 0 Å². The van der Waals surface area contributed by atoms with Crippen molar-refractivity contribution in [1.82, 2.24) is 9.88 Å². The molecule has 1 aliphatic heterocycles. The highest BCUT2D eigenvalue weighted by molar-refractivity contribution is 6.01. The molecule has 0 bridgehead atoms. The molecule has 7 nitrogen and oxygen atoms in total. The summed E-state index contributed by atoms with van der Waals surface area (Å²) in [6.45, 7) is 2.77. The van der Waals surface area contributed by atoms with Crippen molar-refractivity contribution in [3.8, 4) is 0 Å². The molecule has 0 radical (unpaired) electrons. The van der Waals surface area contributed by atoms with Crippen LogP contribution in [0.1, 0.15) is 17.3 Å². The van der Waals surface area contributed by atoms with E-state index in [2.05, 4.69) is 4.98 Å². The second-order valence-corrected chi connectivity index (χ2v) is 4.88. The molecule has 3 rings (SSSR count). The average molecular weight is 298 g/mol. The molecule has 0 saturated heterocycles. The maximum absolute atomic E-state index is 12.4. The Morgan fingerprint density at radius 1 is 1.32 bits per heavy atom. The third kappa shape index (κ3) is 2.26. The number of carbonyl (C=O) groups is 1. The number of carbonyl (C=O) groups excluding carboxylic acids is 1. The molecular formula is C15H14N4O3. The van der Waals surface area contributed by atoms with Crippen molar-refractivity contribution in [2.75, 3.05) is 18.1 Å². The molecule has 0 fully saturated rings. The zero-order chi connectivity index (χ0) is 15.7.